The van der Waals surface area contributed by atoms with Crippen LogP contribution in [0.4, 0.5) is 0 Å². The summed E-state index contributed by atoms with van der Waals surface area (Å²) < 4.78 is 5.37. The Hall–Kier alpha value is -0.940. The van der Waals surface area contributed by atoms with Crippen molar-refractivity contribution in [3.05, 3.63) is 11.7 Å². The van der Waals surface area contributed by atoms with E-state index in [9.17, 15) is 0 Å². The third kappa shape index (κ3) is 4.03. The van der Waals surface area contributed by atoms with Crippen molar-refractivity contribution in [1.29, 1.82) is 0 Å². The SMILES string of the molecule is CCC1CCN(Cc2nc(CC(C)C)no2)C(CN)C1. The molecule has 1 aromatic heterocycles. The van der Waals surface area contributed by atoms with Gasteiger partial charge in [-0.05, 0) is 31.2 Å². The molecule has 114 valence electrons. The van der Waals surface area contributed by atoms with Crippen LogP contribution in [0.5, 0.6) is 0 Å². The lowest BCUT2D eigenvalue weighted by molar-refractivity contribution is 0.0953. The van der Waals surface area contributed by atoms with Crippen LogP contribution in [0.15, 0.2) is 4.52 Å². The molecule has 0 aliphatic carbocycles. The second-order valence-electron chi connectivity index (χ2n) is 6.36. The number of rotatable bonds is 6. The molecule has 1 fully saturated rings. The molecular formula is C15H28N4O. The first kappa shape index (κ1) is 15.4. The number of likely N-dealkylation sites (tertiary alicyclic amines) is 1. The van der Waals surface area contributed by atoms with Gasteiger partial charge in [0.05, 0.1) is 6.54 Å². The zero-order valence-corrected chi connectivity index (χ0v) is 13.0. The van der Waals surface area contributed by atoms with Crippen LogP contribution in [0, 0.1) is 11.8 Å². The van der Waals surface area contributed by atoms with Crippen molar-refractivity contribution in [3.8, 4) is 0 Å². The topological polar surface area (TPSA) is 68.2 Å². The first-order valence-corrected chi connectivity index (χ1v) is 7.87. The predicted molar refractivity (Wildman–Crippen MR) is 79.1 cm³/mol. The minimum absolute atomic E-state index is 0.453. The Morgan fingerprint density at radius 3 is 2.90 bits per heavy atom. The summed E-state index contributed by atoms with van der Waals surface area (Å²) in [6, 6.07) is 0.453. The first-order valence-electron chi connectivity index (χ1n) is 7.87. The lowest BCUT2D eigenvalue weighted by Crippen LogP contribution is -2.46. The average molecular weight is 280 g/mol. The van der Waals surface area contributed by atoms with Gasteiger partial charge in [-0.15, -0.1) is 0 Å². The molecule has 2 unspecified atom stereocenters. The Morgan fingerprint density at radius 1 is 1.45 bits per heavy atom. The molecule has 2 rings (SSSR count). The standard InChI is InChI=1S/C15H28N4O/c1-4-12-5-6-19(13(8-12)9-16)10-15-17-14(18-20-15)7-11(2)3/h11-13H,4-10,16H2,1-3H3. The molecule has 1 aliphatic rings. The minimum Gasteiger partial charge on any atom is -0.338 e. The molecule has 0 bridgehead atoms. The van der Waals surface area contributed by atoms with Gasteiger partial charge in [0.2, 0.25) is 5.89 Å². The van der Waals surface area contributed by atoms with E-state index in [2.05, 4.69) is 35.8 Å². The summed E-state index contributed by atoms with van der Waals surface area (Å²) in [5, 5.41) is 4.06. The predicted octanol–water partition coefficient (Wildman–Crippen LogP) is 2.22. The van der Waals surface area contributed by atoms with Crippen molar-refractivity contribution < 1.29 is 4.52 Å². The maximum atomic E-state index is 5.93. The molecule has 0 amide bonds. The Bertz CT molecular complexity index is 404. The number of aromatic nitrogens is 2. The fourth-order valence-corrected chi connectivity index (χ4v) is 2.98. The third-order valence-corrected chi connectivity index (χ3v) is 4.24. The molecule has 2 N–H and O–H groups in total. The van der Waals surface area contributed by atoms with E-state index in [1.165, 1.54) is 19.3 Å². The van der Waals surface area contributed by atoms with Crippen molar-refractivity contribution in [3.63, 3.8) is 0 Å². The normalized spacial score (nSPS) is 24.4. The maximum absolute atomic E-state index is 5.93. The van der Waals surface area contributed by atoms with E-state index in [1.54, 1.807) is 0 Å². The van der Waals surface area contributed by atoms with Crippen LogP contribution in [0.2, 0.25) is 0 Å². The van der Waals surface area contributed by atoms with Crippen LogP contribution in [-0.4, -0.2) is 34.2 Å². The minimum atomic E-state index is 0.453. The molecule has 1 aromatic rings. The molecule has 20 heavy (non-hydrogen) atoms. The Labute approximate surface area is 121 Å². The van der Waals surface area contributed by atoms with Crippen LogP contribution in [0.25, 0.3) is 0 Å². The molecule has 0 saturated carbocycles. The van der Waals surface area contributed by atoms with Crippen molar-refractivity contribution in [2.75, 3.05) is 13.1 Å². The number of nitrogens with two attached hydrogens (primary N) is 1. The highest BCUT2D eigenvalue weighted by Gasteiger charge is 2.27. The van der Waals surface area contributed by atoms with Crippen molar-refractivity contribution in [2.45, 2.75) is 59.0 Å². The van der Waals surface area contributed by atoms with Gasteiger partial charge < -0.3 is 10.3 Å². The van der Waals surface area contributed by atoms with E-state index in [0.717, 1.165) is 37.1 Å². The fraction of sp³-hybridized carbons (Fsp3) is 0.867. The molecule has 0 spiro atoms. The lowest BCUT2D eigenvalue weighted by atomic mass is 9.89. The zero-order valence-electron chi connectivity index (χ0n) is 13.0. The molecule has 0 radical (unpaired) electrons. The van der Waals surface area contributed by atoms with E-state index in [4.69, 9.17) is 10.3 Å². The van der Waals surface area contributed by atoms with Crippen molar-refractivity contribution in [1.82, 2.24) is 15.0 Å². The highest BCUT2D eigenvalue weighted by Crippen LogP contribution is 2.26. The van der Waals surface area contributed by atoms with Crippen molar-refractivity contribution >= 4 is 0 Å². The number of piperidine rings is 1. The quantitative estimate of drug-likeness (QED) is 0.865. The molecule has 2 heterocycles. The van der Waals surface area contributed by atoms with Crippen LogP contribution in [0.3, 0.4) is 0 Å². The zero-order chi connectivity index (χ0) is 14.5. The van der Waals surface area contributed by atoms with Crippen LogP contribution in [-0.2, 0) is 13.0 Å². The second kappa shape index (κ2) is 7.18. The highest BCUT2D eigenvalue weighted by atomic mass is 16.5. The largest absolute Gasteiger partial charge is 0.338 e. The molecule has 0 aromatic carbocycles. The van der Waals surface area contributed by atoms with E-state index in [1.807, 2.05) is 0 Å². The molecule has 1 aliphatic heterocycles. The summed E-state index contributed by atoms with van der Waals surface area (Å²) >= 11 is 0. The molecule has 1 saturated heterocycles. The van der Waals surface area contributed by atoms with Crippen LogP contribution < -0.4 is 5.73 Å². The van der Waals surface area contributed by atoms with Gasteiger partial charge in [0, 0.05) is 19.0 Å². The van der Waals surface area contributed by atoms with Crippen LogP contribution in [0.1, 0.15) is 51.7 Å². The first-order chi connectivity index (χ1) is 9.62. The Morgan fingerprint density at radius 2 is 2.25 bits per heavy atom. The summed E-state index contributed by atoms with van der Waals surface area (Å²) in [5.74, 6) is 2.92. The number of hydrogen-bond acceptors (Lipinski definition) is 5. The summed E-state index contributed by atoms with van der Waals surface area (Å²) in [6.45, 7) is 9.13. The highest BCUT2D eigenvalue weighted by molar-refractivity contribution is 4.90. The number of nitrogens with zero attached hydrogens (tertiary/aromatic N) is 3. The monoisotopic (exact) mass is 280 g/mol. The Balaban J connectivity index is 1.93. The molecule has 2 atom stereocenters. The smallest absolute Gasteiger partial charge is 0.240 e. The van der Waals surface area contributed by atoms with Crippen molar-refractivity contribution in [2.24, 2.45) is 17.6 Å². The fourth-order valence-electron chi connectivity index (χ4n) is 2.98. The van der Waals surface area contributed by atoms with Crippen LogP contribution >= 0.6 is 0 Å². The molecule has 5 heteroatoms. The van der Waals surface area contributed by atoms with E-state index in [0.29, 0.717) is 18.5 Å². The van der Waals surface area contributed by atoms with Gasteiger partial charge in [-0.1, -0.05) is 32.3 Å². The van der Waals surface area contributed by atoms with Gasteiger partial charge in [0.15, 0.2) is 5.82 Å². The van der Waals surface area contributed by atoms with E-state index in [-0.39, 0.29) is 0 Å². The van der Waals surface area contributed by atoms with Gasteiger partial charge in [0.25, 0.3) is 0 Å². The van der Waals surface area contributed by atoms with E-state index >= 15 is 0 Å². The third-order valence-electron chi connectivity index (χ3n) is 4.24. The Kier molecular flexibility index (Phi) is 5.54. The summed E-state index contributed by atoms with van der Waals surface area (Å²) in [4.78, 5) is 6.89. The van der Waals surface area contributed by atoms with Gasteiger partial charge in [-0.2, -0.15) is 4.98 Å². The van der Waals surface area contributed by atoms with Gasteiger partial charge in [0.1, 0.15) is 0 Å². The lowest BCUT2D eigenvalue weighted by Gasteiger charge is -2.37. The molecular weight excluding hydrogens is 252 g/mol. The average Bonchev–Trinajstić information content (AvgIpc) is 2.85. The number of hydrogen-bond donors (Lipinski definition) is 1. The van der Waals surface area contributed by atoms with Gasteiger partial charge in [-0.3, -0.25) is 4.90 Å². The summed E-state index contributed by atoms with van der Waals surface area (Å²) in [7, 11) is 0. The summed E-state index contributed by atoms with van der Waals surface area (Å²) in [5.41, 5.74) is 5.93. The maximum Gasteiger partial charge on any atom is 0.240 e. The molecule has 5 nitrogen and oxygen atoms in total. The van der Waals surface area contributed by atoms with E-state index < -0.39 is 0 Å². The van der Waals surface area contributed by atoms with Gasteiger partial charge >= 0.3 is 0 Å². The van der Waals surface area contributed by atoms with Gasteiger partial charge in [-0.25, -0.2) is 0 Å². The summed E-state index contributed by atoms with van der Waals surface area (Å²) in [6.07, 6.45) is 4.57. The second-order valence-corrected chi connectivity index (χ2v) is 6.36.